The first-order valence-electron chi connectivity index (χ1n) is 7.16. The van der Waals surface area contributed by atoms with Crippen LogP contribution in [0.1, 0.15) is 37.6 Å². The van der Waals surface area contributed by atoms with Gasteiger partial charge in [-0.2, -0.15) is 5.10 Å². The molecule has 1 saturated heterocycles. The number of hydrogen-bond acceptors (Lipinski definition) is 3. The minimum Gasteiger partial charge on any atom is -0.376 e. The van der Waals surface area contributed by atoms with Crippen LogP contribution in [0.5, 0.6) is 0 Å². The third-order valence-corrected chi connectivity index (χ3v) is 5.40. The summed E-state index contributed by atoms with van der Waals surface area (Å²) in [5.41, 5.74) is 8.78. The summed E-state index contributed by atoms with van der Waals surface area (Å²) in [6, 6.07) is 0. The summed E-state index contributed by atoms with van der Waals surface area (Å²) >= 11 is 3.69. The SMILES string of the molecule is CCc1nn(C)c(CC2(N)CCOC2C2CC2)c1Br. The molecule has 2 N–H and O–H groups in total. The molecule has 0 bridgehead atoms. The zero-order valence-corrected chi connectivity index (χ0v) is 13.2. The van der Waals surface area contributed by atoms with Gasteiger partial charge in [-0.05, 0) is 47.5 Å². The molecule has 0 amide bonds. The predicted octanol–water partition coefficient (Wildman–Crippen LogP) is 2.18. The molecule has 1 aliphatic carbocycles. The van der Waals surface area contributed by atoms with Gasteiger partial charge in [0.2, 0.25) is 0 Å². The maximum Gasteiger partial charge on any atom is 0.0787 e. The first kappa shape index (κ1) is 13.6. The highest BCUT2D eigenvalue weighted by Gasteiger charge is 2.49. The van der Waals surface area contributed by atoms with Crippen LogP contribution in [0.4, 0.5) is 0 Å². The van der Waals surface area contributed by atoms with E-state index in [1.807, 2.05) is 11.7 Å². The standard InChI is InChI=1S/C14H22BrN3O/c1-3-10-12(15)11(18(2)17-10)8-14(16)6-7-19-13(14)9-4-5-9/h9,13H,3-8,16H2,1-2H3. The van der Waals surface area contributed by atoms with E-state index in [0.717, 1.165) is 36.0 Å². The fourth-order valence-corrected chi connectivity index (χ4v) is 3.96. The largest absolute Gasteiger partial charge is 0.376 e. The molecule has 0 spiro atoms. The maximum atomic E-state index is 6.68. The van der Waals surface area contributed by atoms with Gasteiger partial charge in [-0.15, -0.1) is 0 Å². The molecule has 0 aromatic carbocycles. The van der Waals surface area contributed by atoms with E-state index in [1.54, 1.807) is 0 Å². The number of aryl methyl sites for hydroxylation is 2. The monoisotopic (exact) mass is 327 g/mol. The Labute approximate surface area is 122 Å². The number of aromatic nitrogens is 2. The summed E-state index contributed by atoms with van der Waals surface area (Å²) in [5, 5.41) is 4.56. The minimum atomic E-state index is -0.220. The molecule has 3 rings (SSSR count). The number of rotatable bonds is 4. The van der Waals surface area contributed by atoms with Gasteiger partial charge in [0.25, 0.3) is 0 Å². The predicted molar refractivity (Wildman–Crippen MR) is 78.0 cm³/mol. The Morgan fingerprint density at radius 2 is 2.26 bits per heavy atom. The second-order valence-electron chi connectivity index (χ2n) is 5.97. The summed E-state index contributed by atoms with van der Waals surface area (Å²) in [5.74, 6) is 0.685. The van der Waals surface area contributed by atoms with E-state index >= 15 is 0 Å². The molecule has 2 unspecified atom stereocenters. The zero-order valence-electron chi connectivity index (χ0n) is 11.7. The topological polar surface area (TPSA) is 53.1 Å². The van der Waals surface area contributed by atoms with E-state index in [4.69, 9.17) is 10.5 Å². The highest BCUT2D eigenvalue weighted by atomic mass is 79.9. The molecule has 2 atom stereocenters. The summed E-state index contributed by atoms with van der Waals surface area (Å²) in [6.45, 7) is 2.93. The number of nitrogens with zero attached hydrogens (tertiary/aromatic N) is 2. The van der Waals surface area contributed by atoms with Crippen LogP contribution in [0, 0.1) is 5.92 Å². The lowest BCUT2D eigenvalue weighted by atomic mass is 9.85. The van der Waals surface area contributed by atoms with E-state index < -0.39 is 0 Å². The molecule has 2 aliphatic rings. The van der Waals surface area contributed by atoms with E-state index in [0.29, 0.717) is 5.92 Å². The van der Waals surface area contributed by atoms with Crippen LogP contribution in [-0.4, -0.2) is 28.0 Å². The van der Waals surface area contributed by atoms with Gasteiger partial charge < -0.3 is 10.5 Å². The first-order valence-corrected chi connectivity index (χ1v) is 7.95. The van der Waals surface area contributed by atoms with Crippen molar-refractivity contribution in [1.82, 2.24) is 9.78 Å². The van der Waals surface area contributed by atoms with Gasteiger partial charge in [0.15, 0.2) is 0 Å². The Kier molecular flexibility index (Phi) is 3.48. The van der Waals surface area contributed by atoms with E-state index in [2.05, 4.69) is 28.0 Å². The fourth-order valence-electron chi connectivity index (χ4n) is 3.20. The third-order valence-electron chi connectivity index (χ3n) is 4.48. The van der Waals surface area contributed by atoms with Gasteiger partial charge in [-0.1, -0.05) is 6.92 Å². The van der Waals surface area contributed by atoms with Crippen LogP contribution in [0.25, 0.3) is 0 Å². The van der Waals surface area contributed by atoms with Crippen molar-refractivity contribution in [2.45, 2.75) is 50.7 Å². The van der Waals surface area contributed by atoms with E-state index in [1.165, 1.54) is 18.5 Å². The molecule has 106 valence electrons. The second kappa shape index (κ2) is 4.86. The number of hydrogen-bond donors (Lipinski definition) is 1. The van der Waals surface area contributed by atoms with E-state index in [-0.39, 0.29) is 11.6 Å². The number of nitrogens with two attached hydrogens (primary N) is 1. The van der Waals surface area contributed by atoms with Crippen molar-refractivity contribution in [3.8, 4) is 0 Å². The van der Waals surface area contributed by atoms with Crippen molar-refractivity contribution >= 4 is 15.9 Å². The van der Waals surface area contributed by atoms with Crippen LogP contribution in [0.15, 0.2) is 4.47 Å². The van der Waals surface area contributed by atoms with Crippen LogP contribution in [0.3, 0.4) is 0 Å². The Morgan fingerprint density at radius 3 is 2.84 bits per heavy atom. The molecule has 5 heteroatoms. The normalized spacial score (nSPS) is 31.1. The van der Waals surface area contributed by atoms with Crippen LogP contribution in [0.2, 0.25) is 0 Å². The molecule has 1 aromatic rings. The molecule has 0 radical (unpaired) electrons. The van der Waals surface area contributed by atoms with Gasteiger partial charge in [0.1, 0.15) is 0 Å². The summed E-state index contributed by atoms with van der Waals surface area (Å²) in [7, 11) is 2.00. The molecule has 4 nitrogen and oxygen atoms in total. The fraction of sp³-hybridized carbons (Fsp3) is 0.786. The van der Waals surface area contributed by atoms with Crippen LogP contribution in [-0.2, 0) is 24.6 Å². The Balaban J connectivity index is 1.85. The number of ether oxygens (including phenoxy) is 1. The molecular weight excluding hydrogens is 306 g/mol. The van der Waals surface area contributed by atoms with Gasteiger partial charge in [-0.3, -0.25) is 4.68 Å². The Bertz CT molecular complexity index is 483. The third kappa shape index (κ3) is 2.36. The Morgan fingerprint density at radius 1 is 1.53 bits per heavy atom. The molecular formula is C14H22BrN3O. The van der Waals surface area contributed by atoms with Crippen molar-refractivity contribution in [1.29, 1.82) is 0 Å². The molecule has 2 fully saturated rings. The molecule has 2 heterocycles. The highest BCUT2D eigenvalue weighted by Crippen LogP contribution is 2.44. The lowest BCUT2D eigenvalue weighted by Gasteiger charge is -2.30. The lowest BCUT2D eigenvalue weighted by Crippen LogP contribution is -2.50. The van der Waals surface area contributed by atoms with Crippen molar-refractivity contribution in [2.24, 2.45) is 18.7 Å². The average Bonchev–Trinajstić information content (AvgIpc) is 3.10. The summed E-state index contributed by atoms with van der Waals surface area (Å²) in [6.07, 6.45) is 5.52. The first-order chi connectivity index (χ1) is 9.05. The van der Waals surface area contributed by atoms with Crippen LogP contribution < -0.4 is 5.73 Å². The minimum absolute atomic E-state index is 0.220. The molecule has 1 aromatic heterocycles. The van der Waals surface area contributed by atoms with Crippen molar-refractivity contribution in [3.63, 3.8) is 0 Å². The van der Waals surface area contributed by atoms with Crippen molar-refractivity contribution in [3.05, 3.63) is 15.9 Å². The second-order valence-corrected chi connectivity index (χ2v) is 6.77. The zero-order chi connectivity index (χ0) is 13.6. The maximum absolute atomic E-state index is 6.68. The average molecular weight is 328 g/mol. The van der Waals surface area contributed by atoms with E-state index in [9.17, 15) is 0 Å². The molecule has 1 aliphatic heterocycles. The Hall–Kier alpha value is -0.390. The van der Waals surface area contributed by atoms with Crippen molar-refractivity contribution in [2.75, 3.05) is 6.61 Å². The van der Waals surface area contributed by atoms with Crippen LogP contribution >= 0.6 is 15.9 Å². The van der Waals surface area contributed by atoms with Crippen molar-refractivity contribution < 1.29 is 4.74 Å². The molecule has 19 heavy (non-hydrogen) atoms. The summed E-state index contributed by atoms with van der Waals surface area (Å²) in [4.78, 5) is 0. The van der Waals surface area contributed by atoms with Gasteiger partial charge >= 0.3 is 0 Å². The number of halogens is 1. The van der Waals surface area contributed by atoms with Gasteiger partial charge in [0, 0.05) is 20.1 Å². The van der Waals surface area contributed by atoms with Gasteiger partial charge in [0.05, 0.1) is 27.5 Å². The molecule has 1 saturated carbocycles. The lowest BCUT2D eigenvalue weighted by molar-refractivity contribution is 0.0621. The van der Waals surface area contributed by atoms with Gasteiger partial charge in [-0.25, -0.2) is 0 Å². The summed E-state index contributed by atoms with van der Waals surface area (Å²) < 4.78 is 9.01. The smallest absolute Gasteiger partial charge is 0.0787 e. The quantitative estimate of drug-likeness (QED) is 0.922. The highest BCUT2D eigenvalue weighted by molar-refractivity contribution is 9.10.